The molecule has 3 aromatic rings. The molecule has 0 bridgehead atoms. The lowest BCUT2D eigenvalue weighted by molar-refractivity contribution is -0.884. The molecule has 2 aliphatic rings. The average molecular weight is 622 g/mol. The number of carboxylic acids is 1. The Hall–Kier alpha value is -4.09. The Morgan fingerprint density at radius 2 is 2.00 bits per heavy atom. The molecule has 3 atom stereocenters. The minimum absolute atomic E-state index is 0.0555. The van der Waals surface area contributed by atoms with Gasteiger partial charge in [0, 0.05) is 42.7 Å². The fourth-order valence-electron chi connectivity index (χ4n) is 6.55. The molecule has 0 radical (unpaired) electrons. The monoisotopic (exact) mass is 621 g/mol. The van der Waals surface area contributed by atoms with Crippen LogP contribution in [0.1, 0.15) is 49.1 Å². The first-order valence-electron chi connectivity index (χ1n) is 15.6. The first-order valence-corrected chi connectivity index (χ1v) is 15.6. The molecule has 1 fully saturated rings. The van der Waals surface area contributed by atoms with Gasteiger partial charge in [0.2, 0.25) is 18.4 Å². The van der Waals surface area contributed by atoms with Crippen molar-refractivity contribution in [1.82, 2.24) is 9.88 Å². The van der Waals surface area contributed by atoms with Gasteiger partial charge in [-0.1, -0.05) is 25.5 Å². The van der Waals surface area contributed by atoms with Crippen LogP contribution in [0.5, 0.6) is 17.2 Å². The Balaban J connectivity index is 1.46. The predicted molar refractivity (Wildman–Crippen MR) is 169 cm³/mol. The number of aliphatic carboxylic acids is 1. The number of carbonyl (C=O) groups is 2. The van der Waals surface area contributed by atoms with Crippen molar-refractivity contribution in [3.05, 3.63) is 65.9 Å². The highest BCUT2D eigenvalue weighted by Crippen LogP contribution is 2.47. The number of rotatable bonds is 14. The summed E-state index contributed by atoms with van der Waals surface area (Å²) in [5.41, 5.74) is 2.79. The van der Waals surface area contributed by atoms with Crippen LogP contribution >= 0.6 is 0 Å². The van der Waals surface area contributed by atoms with Gasteiger partial charge >= 0.3 is 5.97 Å². The first-order chi connectivity index (χ1) is 21.6. The smallest absolute Gasteiger partial charge is 0.308 e. The van der Waals surface area contributed by atoms with Gasteiger partial charge in [0.25, 0.3) is 0 Å². The normalized spacial score (nSPS) is 19.5. The number of aromatic nitrogens is 1. The highest BCUT2D eigenvalue weighted by molar-refractivity contribution is 5.95. The van der Waals surface area contributed by atoms with Gasteiger partial charge in [-0.2, -0.15) is 0 Å². The van der Waals surface area contributed by atoms with Crippen LogP contribution in [0.3, 0.4) is 0 Å². The summed E-state index contributed by atoms with van der Waals surface area (Å²) in [6, 6.07) is 11.4. The molecule has 0 saturated carbocycles. The summed E-state index contributed by atoms with van der Waals surface area (Å²) in [6.07, 6.45) is 5.82. The van der Waals surface area contributed by atoms with E-state index in [0.29, 0.717) is 49.1 Å². The molecule has 11 nitrogen and oxygen atoms in total. The Bertz CT molecular complexity index is 1470. The van der Waals surface area contributed by atoms with E-state index < -0.39 is 23.8 Å². The topological polar surface area (TPSA) is 115 Å². The number of aryl methyl sites for hydroxylation is 1. The lowest BCUT2D eigenvalue weighted by Gasteiger charge is -2.30. The van der Waals surface area contributed by atoms with Gasteiger partial charge in [0.15, 0.2) is 17.4 Å². The maximum Gasteiger partial charge on any atom is 0.308 e. The number of carbonyl (C=O) groups excluding carboxylic acids is 1. The van der Waals surface area contributed by atoms with Crippen LogP contribution in [0.2, 0.25) is 0 Å². The van der Waals surface area contributed by atoms with Gasteiger partial charge in [0.1, 0.15) is 12.8 Å². The van der Waals surface area contributed by atoms with Crippen molar-refractivity contribution >= 4 is 17.6 Å². The van der Waals surface area contributed by atoms with E-state index >= 15 is 0 Å². The van der Waals surface area contributed by atoms with Crippen molar-refractivity contribution < 1.29 is 37.8 Å². The molecule has 5 rings (SSSR count). The molecule has 1 N–H and O–H groups in total. The van der Waals surface area contributed by atoms with Crippen LogP contribution in [0, 0.1) is 5.92 Å². The Labute approximate surface area is 264 Å². The number of ether oxygens (including phenoxy) is 3. The molecule has 1 amide bonds. The molecule has 2 aromatic carbocycles. The van der Waals surface area contributed by atoms with Gasteiger partial charge in [-0.05, 0) is 42.7 Å². The van der Waals surface area contributed by atoms with Crippen molar-refractivity contribution in [2.45, 2.75) is 51.1 Å². The number of anilines is 1. The van der Waals surface area contributed by atoms with Crippen molar-refractivity contribution in [2.24, 2.45) is 5.92 Å². The molecule has 0 unspecified atom stereocenters. The largest absolute Gasteiger partial charge is 0.493 e. The van der Waals surface area contributed by atoms with Crippen molar-refractivity contribution in [3.8, 4) is 17.2 Å². The number of nitrogens with zero attached hydrogens (tertiary/aromatic N) is 4. The summed E-state index contributed by atoms with van der Waals surface area (Å²) >= 11 is 0. The summed E-state index contributed by atoms with van der Waals surface area (Å²) in [5, 5.41) is 10.6. The fourth-order valence-corrected chi connectivity index (χ4v) is 6.55. The van der Waals surface area contributed by atoms with Crippen LogP contribution in [0.15, 0.2) is 53.3 Å². The average Bonchev–Trinajstić information content (AvgIpc) is 3.75. The third-order valence-electron chi connectivity index (χ3n) is 8.53. The number of methoxy groups -OCH3 is 1. The molecule has 242 valence electrons. The number of carboxylic acid groups (broad SMARTS) is 1. The van der Waals surface area contributed by atoms with Crippen LogP contribution in [0.4, 0.5) is 5.69 Å². The second kappa shape index (κ2) is 13.9. The van der Waals surface area contributed by atoms with Gasteiger partial charge in [-0.3, -0.25) is 14.5 Å². The fraction of sp³-hybridized carbons (Fsp3) is 0.500. The van der Waals surface area contributed by atoms with E-state index in [4.69, 9.17) is 18.6 Å². The third kappa shape index (κ3) is 7.59. The summed E-state index contributed by atoms with van der Waals surface area (Å²) in [7, 11) is 7.98. The van der Waals surface area contributed by atoms with E-state index in [2.05, 4.69) is 45.2 Å². The second-order valence-electron chi connectivity index (χ2n) is 12.9. The van der Waals surface area contributed by atoms with E-state index in [9.17, 15) is 14.7 Å². The standard InChI is InChI=1S/C34H44N4O7/c1-6-7-14-37(25-10-8-9-23(16-25)21-38(2,3)4)31(39)20-36-19-26(24-17-28(42-5)33-29(18-24)44-22-45-33)32(34(40)41)27(36)11-12-30-35-13-15-43-30/h8-10,13,15-18,26-27,32H,6-7,11-12,14,19-22H2,1-5H3/p+1/t26-,27+,32-/m1/s1. The molecular weight excluding hydrogens is 576 g/mol. The van der Waals surface area contributed by atoms with Gasteiger partial charge in [-0.15, -0.1) is 0 Å². The molecule has 3 heterocycles. The second-order valence-corrected chi connectivity index (χ2v) is 12.9. The minimum Gasteiger partial charge on any atom is -0.493 e. The molecule has 11 heteroatoms. The zero-order valence-electron chi connectivity index (χ0n) is 26.9. The number of oxazole rings is 1. The third-order valence-corrected chi connectivity index (χ3v) is 8.53. The van der Waals surface area contributed by atoms with Crippen LogP contribution in [-0.4, -0.2) is 92.1 Å². The zero-order valence-corrected chi connectivity index (χ0v) is 26.9. The molecule has 0 aliphatic carbocycles. The summed E-state index contributed by atoms with van der Waals surface area (Å²) < 4.78 is 23.1. The quantitative estimate of drug-likeness (QED) is 0.259. The van der Waals surface area contributed by atoms with Crippen LogP contribution in [-0.2, 0) is 22.6 Å². The van der Waals surface area contributed by atoms with E-state index in [0.717, 1.165) is 40.7 Å². The number of hydrogen-bond donors (Lipinski definition) is 1. The van der Waals surface area contributed by atoms with Crippen molar-refractivity contribution in [1.29, 1.82) is 0 Å². The van der Waals surface area contributed by atoms with Crippen molar-refractivity contribution in [3.63, 3.8) is 0 Å². The Morgan fingerprint density at radius 1 is 1.18 bits per heavy atom. The van der Waals surface area contributed by atoms with E-state index in [-0.39, 0.29) is 19.2 Å². The number of unbranched alkanes of at least 4 members (excludes halogenated alkanes) is 1. The first kappa shape index (κ1) is 32.3. The lowest BCUT2D eigenvalue weighted by atomic mass is 9.83. The van der Waals surface area contributed by atoms with E-state index in [1.165, 1.54) is 6.26 Å². The lowest BCUT2D eigenvalue weighted by Crippen LogP contribution is -2.44. The number of hydrogen-bond acceptors (Lipinski definition) is 8. The van der Waals surface area contributed by atoms with Crippen molar-refractivity contribution in [2.75, 3.05) is 59.6 Å². The van der Waals surface area contributed by atoms with Crippen LogP contribution < -0.4 is 19.1 Å². The maximum absolute atomic E-state index is 14.2. The number of fused-ring (bicyclic) bond motifs is 1. The maximum atomic E-state index is 14.2. The zero-order chi connectivity index (χ0) is 32.1. The van der Waals surface area contributed by atoms with E-state index in [1.807, 2.05) is 34.1 Å². The van der Waals surface area contributed by atoms with Gasteiger partial charge < -0.3 is 33.1 Å². The number of amides is 1. The van der Waals surface area contributed by atoms with Gasteiger partial charge in [0.05, 0.1) is 46.9 Å². The number of quaternary nitrogens is 1. The number of benzene rings is 2. The summed E-state index contributed by atoms with van der Waals surface area (Å²) in [4.78, 5) is 35.3. The minimum atomic E-state index is -0.917. The Kier molecular flexibility index (Phi) is 9.99. The molecule has 1 aromatic heterocycles. The highest BCUT2D eigenvalue weighted by Gasteiger charge is 2.47. The molecule has 0 spiro atoms. The highest BCUT2D eigenvalue weighted by atomic mass is 16.7. The molecular formula is C34H45N4O7+. The molecule has 2 aliphatic heterocycles. The SMILES string of the molecule is CCCCN(C(=O)CN1C[C@H](c2cc(OC)c3c(c2)OCO3)[C@@H](C(=O)O)[C@@H]1CCc1ncco1)c1cccc(C[N+](C)(C)C)c1. The molecule has 1 saturated heterocycles. The van der Waals surface area contributed by atoms with Crippen LogP contribution in [0.25, 0.3) is 0 Å². The molecule has 45 heavy (non-hydrogen) atoms. The number of likely N-dealkylation sites (tertiary alicyclic amines) is 1. The summed E-state index contributed by atoms with van der Waals surface area (Å²) in [5.74, 6) is -0.0943. The van der Waals surface area contributed by atoms with Gasteiger partial charge in [-0.25, -0.2) is 4.98 Å². The summed E-state index contributed by atoms with van der Waals surface area (Å²) in [6.45, 7) is 4.07. The predicted octanol–water partition coefficient (Wildman–Crippen LogP) is 4.55. The Morgan fingerprint density at radius 3 is 2.69 bits per heavy atom. The van der Waals surface area contributed by atoms with E-state index in [1.54, 1.807) is 13.3 Å².